The molecule has 1 fully saturated rings. The van der Waals surface area contributed by atoms with E-state index in [1.165, 1.54) is 0 Å². The van der Waals surface area contributed by atoms with Crippen LogP contribution in [0.15, 0.2) is 0 Å². The lowest BCUT2D eigenvalue weighted by atomic mass is 10.2. The molecule has 0 spiro atoms. The van der Waals surface area contributed by atoms with Crippen LogP contribution in [0.4, 0.5) is 0 Å². The quantitative estimate of drug-likeness (QED) is 0.646. The molecule has 0 aliphatic carbocycles. The van der Waals surface area contributed by atoms with Gasteiger partial charge in [-0.05, 0) is 26.2 Å². The standard InChI is InChI=1S/C13H23NO4/c1-3-8-14(9-7-12(15)17-4-2)13(16)11-6-5-10-18-11/h11H,3-10H2,1-2H3. The van der Waals surface area contributed by atoms with Crippen molar-refractivity contribution in [2.45, 2.75) is 45.6 Å². The Morgan fingerprint density at radius 3 is 2.67 bits per heavy atom. The fourth-order valence-electron chi connectivity index (χ4n) is 2.04. The third-order valence-electron chi connectivity index (χ3n) is 2.90. The Bertz CT molecular complexity index is 274. The molecule has 0 radical (unpaired) electrons. The summed E-state index contributed by atoms with van der Waals surface area (Å²) in [6.45, 7) is 5.92. The predicted molar refractivity (Wildman–Crippen MR) is 67.1 cm³/mol. The second-order valence-corrected chi connectivity index (χ2v) is 4.38. The van der Waals surface area contributed by atoms with Crippen molar-refractivity contribution in [2.24, 2.45) is 0 Å². The van der Waals surface area contributed by atoms with Crippen LogP contribution in [-0.2, 0) is 19.1 Å². The van der Waals surface area contributed by atoms with E-state index in [1.807, 2.05) is 6.92 Å². The van der Waals surface area contributed by atoms with Crippen molar-refractivity contribution in [2.75, 3.05) is 26.3 Å². The third kappa shape index (κ3) is 4.64. The molecule has 1 heterocycles. The zero-order valence-corrected chi connectivity index (χ0v) is 11.3. The van der Waals surface area contributed by atoms with Crippen LogP contribution < -0.4 is 0 Å². The molecular formula is C13H23NO4. The van der Waals surface area contributed by atoms with Crippen molar-refractivity contribution in [3.05, 3.63) is 0 Å². The van der Waals surface area contributed by atoms with Gasteiger partial charge in [0, 0.05) is 19.7 Å². The summed E-state index contributed by atoms with van der Waals surface area (Å²) in [5.41, 5.74) is 0. The van der Waals surface area contributed by atoms with E-state index in [0.29, 0.717) is 26.3 Å². The molecule has 0 bridgehead atoms. The van der Waals surface area contributed by atoms with Crippen molar-refractivity contribution in [1.29, 1.82) is 0 Å². The fraction of sp³-hybridized carbons (Fsp3) is 0.846. The van der Waals surface area contributed by atoms with Crippen molar-refractivity contribution < 1.29 is 19.1 Å². The molecule has 0 aromatic rings. The van der Waals surface area contributed by atoms with E-state index >= 15 is 0 Å². The van der Waals surface area contributed by atoms with E-state index in [1.54, 1.807) is 11.8 Å². The van der Waals surface area contributed by atoms with E-state index < -0.39 is 0 Å². The van der Waals surface area contributed by atoms with Gasteiger partial charge in [-0.25, -0.2) is 0 Å². The first-order valence-corrected chi connectivity index (χ1v) is 6.75. The Morgan fingerprint density at radius 1 is 1.33 bits per heavy atom. The minimum atomic E-state index is -0.307. The SMILES string of the molecule is CCCN(CCC(=O)OCC)C(=O)C1CCCO1. The average molecular weight is 257 g/mol. The molecule has 0 aromatic heterocycles. The van der Waals surface area contributed by atoms with Crippen LogP contribution in [0.3, 0.4) is 0 Å². The summed E-state index contributed by atoms with van der Waals surface area (Å²) < 4.78 is 10.3. The lowest BCUT2D eigenvalue weighted by Gasteiger charge is -2.24. The average Bonchev–Trinajstić information content (AvgIpc) is 2.87. The maximum Gasteiger partial charge on any atom is 0.307 e. The molecule has 18 heavy (non-hydrogen) atoms. The number of carbonyl (C=O) groups is 2. The van der Waals surface area contributed by atoms with Crippen molar-refractivity contribution >= 4 is 11.9 Å². The lowest BCUT2D eigenvalue weighted by Crippen LogP contribution is -2.40. The number of amides is 1. The highest BCUT2D eigenvalue weighted by atomic mass is 16.5. The minimum absolute atomic E-state index is 0.0126. The molecule has 0 aromatic carbocycles. The molecule has 0 saturated carbocycles. The predicted octanol–water partition coefficient (Wildman–Crippen LogP) is 1.36. The van der Waals surface area contributed by atoms with Crippen LogP contribution in [0, 0.1) is 0 Å². The fourth-order valence-corrected chi connectivity index (χ4v) is 2.04. The Kier molecular flexibility index (Phi) is 6.72. The summed E-state index contributed by atoms with van der Waals surface area (Å²) in [6, 6.07) is 0. The van der Waals surface area contributed by atoms with Gasteiger partial charge in [-0.3, -0.25) is 9.59 Å². The van der Waals surface area contributed by atoms with Crippen molar-refractivity contribution in [3.63, 3.8) is 0 Å². The molecule has 1 saturated heterocycles. The van der Waals surface area contributed by atoms with Gasteiger partial charge in [0.15, 0.2) is 0 Å². The second kappa shape index (κ2) is 8.08. The number of hydrogen-bond donors (Lipinski definition) is 0. The van der Waals surface area contributed by atoms with E-state index in [4.69, 9.17) is 9.47 Å². The number of hydrogen-bond acceptors (Lipinski definition) is 4. The van der Waals surface area contributed by atoms with Gasteiger partial charge in [-0.2, -0.15) is 0 Å². The van der Waals surface area contributed by atoms with Crippen LogP contribution in [0.1, 0.15) is 39.5 Å². The smallest absolute Gasteiger partial charge is 0.307 e. The zero-order chi connectivity index (χ0) is 13.4. The number of carbonyl (C=O) groups excluding carboxylic acids is 2. The number of nitrogens with zero attached hydrogens (tertiary/aromatic N) is 1. The maximum absolute atomic E-state index is 12.2. The first-order valence-electron chi connectivity index (χ1n) is 6.75. The maximum atomic E-state index is 12.2. The van der Waals surface area contributed by atoms with Gasteiger partial charge >= 0.3 is 5.97 Å². The molecule has 1 rings (SSSR count). The van der Waals surface area contributed by atoms with Crippen LogP contribution >= 0.6 is 0 Å². The number of rotatable bonds is 7. The molecule has 0 N–H and O–H groups in total. The van der Waals surface area contributed by atoms with Crippen molar-refractivity contribution in [3.8, 4) is 0 Å². The molecule has 5 nitrogen and oxygen atoms in total. The monoisotopic (exact) mass is 257 g/mol. The molecule has 1 atom stereocenters. The summed E-state index contributed by atoms with van der Waals surface area (Å²) >= 11 is 0. The van der Waals surface area contributed by atoms with Crippen LogP contribution in [-0.4, -0.2) is 49.2 Å². The summed E-state index contributed by atoms with van der Waals surface area (Å²) in [5.74, 6) is -0.239. The summed E-state index contributed by atoms with van der Waals surface area (Å²) in [4.78, 5) is 25.2. The Morgan fingerprint density at radius 2 is 2.11 bits per heavy atom. The lowest BCUT2D eigenvalue weighted by molar-refractivity contribution is -0.145. The first-order chi connectivity index (χ1) is 8.69. The third-order valence-corrected chi connectivity index (χ3v) is 2.90. The van der Waals surface area contributed by atoms with Gasteiger partial charge < -0.3 is 14.4 Å². The van der Waals surface area contributed by atoms with Gasteiger partial charge in [0.1, 0.15) is 6.10 Å². The summed E-state index contributed by atoms with van der Waals surface area (Å²) in [7, 11) is 0. The van der Waals surface area contributed by atoms with Gasteiger partial charge in [-0.15, -0.1) is 0 Å². The van der Waals surface area contributed by atoms with E-state index in [-0.39, 0.29) is 24.4 Å². The normalized spacial score (nSPS) is 18.7. The van der Waals surface area contributed by atoms with E-state index in [0.717, 1.165) is 19.3 Å². The van der Waals surface area contributed by atoms with Gasteiger partial charge in [0.05, 0.1) is 13.0 Å². The summed E-state index contributed by atoms with van der Waals surface area (Å²) in [5, 5.41) is 0. The Hall–Kier alpha value is -1.10. The van der Waals surface area contributed by atoms with Crippen LogP contribution in [0.2, 0.25) is 0 Å². The van der Waals surface area contributed by atoms with Crippen LogP contribution in [0.25, 0.3) is 0 Å². The second-order valence-electron chi connectivity index (χ2n) is 4.38. The molecule has 104 valence electrons. The van der Waals surface area contributed by atoms with E-state index in [9.17, 15) is 9.59 Å². The highest BCUT2D eigenvalue weighted by Gasteiger charge is 2.28. The first kappa shape index (κ1) is 15.0. The molecule has 1 unspecified atom stereocenters. The van der Waals surface area contributed by atoms with Gasteiger partial charge in [0.25, 0.3) is 5.91 Å². The topological polar surface area (TPSA) is 55.8 Å². The van der Waals surface area contributed by atoms with E-state index in [2.05, 4.69) is 0 Å². The van der Waals surface area contributed by atoms with Gasteiger partial charge in [0.2, 0.25) is 0 Å². The van der Waals surface area contributed by atoms with Crippen molar-refractivity contribution in [1.82, 2.24) is 4.90 Å². The highest BCUT2D eigenvalue weighted by molar-refractivity contribution is 5.81. The molecule has 1 aliphatic rings. The van der Waals surface area contributed by atoms with Crippen LogP contribution in [0.5, 0.6) is 0 Å². The van der Waals surface area contributed by atoms with Gasteiger partial charge in [-0.1, -0.05) is 6.92 Å². The number of esters is 1. The Balaban J connectivity index is 2.42. The summed E-state index contributed by atoms with van der Waals surface area (Å²) in [6.07, 6.45) is 2.55. The zero-order valence-electron chi connectivity index (χ0n) is 11.3. The Labute approximate surface area is 108 Å². The molecule has 1 aliphatic heterocycles. The minimum Gasteiger partial charge on any atom is -0.466 e. The molecular weight excluding hydrogens is 234 g/mol. The number of ether oxygens (including phenoxy) is 2. The highest BCUT2D eigenvalue weighted by Crippen LogP contribution is 2.15. The molecule has 5 heteroatoms. The molecule has 1 amide bonds. The largest absolute Gasteiger partial charge is 0.466 e.